The van der Waals surface area contributed by atoms with Crippen LogP contribution in [0.25, 0.3) is 11.8 Å². The topological polar surface area (TPSA) is 97.6 Å². The highest BCUT2D eigenvalue weighted by atomic mass is 32.1. The van der Waals surface area contributed by atoms with Crippen molar-refractivity contribution in [3.05, 3.63) is 109 Å². The number of ether oxygens (including phenoxy) is 5. The van der Waals surface area contributed by atoms with Crippen molar-refractivity contribution in [1.29, 1.82) is 0 Å². The Hall–Kier alpha value is -4.83. The first kappa shape index (κ1) is 28.7. The molecule has 1 aliphatic rings. The number of carbonyl (C=O) groups excluding carboxylic acids is 1. The molecule has 0 bridgehead atoms. The van der Waals surface area contributed by atoms with Gasteiger partial charge in [0, 0.05) is 11.1 Å². The molecule has 0 N–H and O–H groups in total. The van der Waals surface area contributed by atoms with Gasteiger partial charge in [-0.15, -0.1) is 0 Å². The van der Waals surface area contributed by atoms with Crippen LogP contribution in [0.15, 0.2) is 82.1 Å². The second kappa shape index (κ2) is 12.4. The third-order valence-corrected chi connectivity index (χ3v) is 7.80. The normalized spacial score (nSPS) is 14.6. The van der Waals surface area contributed by atoms with Crippen LogP contribution in [0.3, 0.4) is 0 Å². The number of thiazole rings is 1. The number of para-hydroxylation sites is 1. The van der Waals surface area contributed by atoms with E-state index in [-0.39, 0.29) is 17.7 Å². The van der Waals surface area contributed by atoms with Crippen LogP contribution in [0.5, 0.6) is 23.0 Å². The van der Waals surface area contributed by atoms with Crippen LogP contribution in [0.1, 0.15) is 29.7 Å². The summed E-state index contributed by atoms with van der Waals surface area (Å²) in [4.78, 5) is 33.2. The van der Waals surface area contributed by atoms with E-state index in [0.29, 0.717) is 49.2 Å². The fourth-order valence-corrected chi connectivity index (χ4v) is 5.94. The van der Waals surface area contributed by atoms with Gasteiger partial charge in [-0.25, -0.2) is 9.79 Å². The van der Waals surface area contributed by atoms with Crippen molar-refractivity contribution < 1.29 is 28.5 Å². The van der Waals surface area contributed by atoms with Crippen LogP contribution < -0.4 is 33.8 Å². The standard InChI is InChI=1S/C32H30N2O7S/c1-6-41-31(36)26-27(19-11-8-7-9-12-19)33-32-34(28(26)20-15-16-22(37-2)24(17-20)39-4)30(35)25(42-32)18-21-13-10-14-23(38-3)29(21)40-5/h7-18,28H,6H2,1-5H3/b25-18-/t28-/m1/s1. The lowest BCUT2D eigenvalue weighted by Crippen LogP contribution is -2.40. The summed E-state index contributed by atoms with van der Waals surface area (Å²) in [6.45, 7) is 1.89. The molecular weight excluding hydrogens is 556 g/mol. The number of benzene rings is 3. The highest BCUT2D eigenvalue weighted by molar-refractivity contribution is 7.07. The molecule has 1 aromatic heterocycles. The molecule has 0 spiro atoms. The van der Waals surface area contributed by atoms with E-state index in [1.54, 1.807) is 52.5 Å². The first-order valence-corrected chi connectivity index (χ1v) is 14.0. The number of aromatic nitrogens is 1. The monoisotopic (exact) mass is 586 g/mol. The van der Waals surface area contributed by atoms with Gasteiger partial charge in [0.2, 0.25) is 0 Å². The first-order chi connectivity index (χ1) is 20.4. The van der Waals surface area contributed by atoms with Crippen molar-refractivity contribution in [2.75, 3.05) is 35.0 Å². The Morgan fingerprint density at radius 3 is 2.31 bits per heavy atom. The van der Waals surface area contributed by atoms with Crippen LogP contribution in [-0.2, 0) is 9.53 Å². The van der Waals surface area contributed by atoms with E-state index in [1.807, 2.05) is 48.5 Å². The number of fused-ring (bicyclic) bond motifs is 1. The molecule has 0 fully saturated rings. The summed E-state index contributed by atoms with van der Waals surface area (Å²) >= 11 is 1.22. The van der Waals surface area contributed by atoms with E-state index in [1.165, 1.54) is 23.0 Å². The van der Waals surface area contributed by atoms with Crippen molar-refractivity contribution in [1.82, 2.24) is 4.57 Å². The minimum atomic E-state index is -0.857. The largest absolute Gasteiger partial charge is 0.493 e. The summed E-state index contributed by atoms with van der Waals surface area (Å²) in [5.74, 6) is 1.45. The van der Waals surface area contributed by atoms with E-state index in [0.717, 1.165) is 5.56 Å². The van der Waals surface area contributed by atoms with E-state index >= 15 is 0 Å². The molecule has 5 rings (SSSR count). The molecule has 9 nitrogen and oxygen atoms in total. The lowest BCUT2D eigenvalue weighted by atomic mass is 9.93. The fourth-order valence-electron chi connectivity index (χ4n) is 4.95. The quantitative estimate of drug-likeness (QED) is 0.274. The number of hydrogen-bond acceptors (Lipinski definition) is 9. The molecule has 0 saturated carbocycles. The van der Waals surface area contributed by atoms with E-state index in [2.05, 4.69) is 0 Å². The zero-order chi connectivity index (χ0) is 29.8. The Labute approximate surface area is 246 Å². The van der Waals surface area contributed by atoms with Gasteiger partial charge in [0.05, 0.1) is 56.9 Å². The molecule has 0 aliphatic carbocycles. The first-order valence-electron chi connectivity index (χ1n) is 13.2. The molecule has 3 aromatic carbocycles. The molecule has 0 amide bonds. The average molecular weight is 587 g/mol. The molecular formula is C32H30N2O7S. The number of hydrogen-bond donors (Lipinski definition) is 0. The maximum atomic E-state index is 14.2. The Bertz CT molecular complexity index is 1840. The summed E-state index contributed by atoms with van der Waals surface area (Å²) in [5, 5.41) is 0. The van der Waals surface area contributed by atoms with Crippen molar-refractivity contribution in [3.63, 3.8) is 0 Å². The van der Waals surface area contributed by atoms with Gasteiger partial charge in [-0.05, 0) is 36.8 Å². The molecule has 42 heavy (non-hydrogen) atoms. The van der Waals surface area contributed by atoms with Crippen LogP contribution in [0.4, 0.5) is 0 Å². The molecule has 10 heteroatoms. The molecule has 0 saturated heterocycles. The summed E-state index contributed by atoms with van der Waals surface area (Å²) in [6.07, 6.45) is 1.74. The lowest BCUT2D eigenvalue weighted by Gasteiger charge is -2.26. The Morgan fingerprint density at radius 2 is 1.64 bits per heavy atom. The molecule has 2 heterocycles. The third-order valence-electron chi connectivity index (χ3n) is 6.82. The Kier molecular flexibility index (Phi) is 8.44. The van der Waals surface area contributed by atoms with Crippen LogP contribution in [0.2, 0.25) is 0 Å². The predicted octanol–water partition coefficient (Wildman–Crippen LogP) is 3.97. The van der Waals surface area contributed by atoms with Gasteiger partial charge in [0.25, 0.3) is 5.56 Å². The smallest absolute Gasteiger partial charge is 0.338 e. The second-order valence-corrected chi connectivity index (χ2v) is 10.1. The zero-order valence-electron chi connectivity index (χ0n) is 23.9. The molecule has 1 aliphatic heterocycles. The van der Waals surface area contributed by atoms with E-state index < -0.39 is 12.0 Å². The van der Waals surface area contributed by atoms with Gasteiger partial charge in [-0.1, -0.05) is 59.9 Å². The van der Waals surface area contributed by atoms with Gasteiger partial charge in [0.15, 0.2) is 27.8 Å². The fraction of sp³-hybridized carbons (Fsp3) is 0.219. The highest BCUT2D eigenvalue weighted by Crippen LogP contribution is 2.38. The van der Waals surface area contributed by atoms with Gasteiger partial charge in [0.1, 0.15) is 0 Å². The summed E-state index contributed by atoms with van der Waals surface area (Å²) < 4.78 is 29.5. The third kappa shape index (κ3) is 5.16. The van der Waals surface area contributed by atoms with Crippen molar-refractivity contribution >= 4 is 29.1 Å². The SMILES string of the molecule is CCOC(=O)C1=C(c2ccccc2)N=c2s/c(=C\c3cccc(OC)c3OC)c(=O)n2[C@@H]1c1ccc(OC)c(OC)c1. The Balaban J connectivity index is 1.85. The van der Waals surface area contributed by atoms with E-state index in [4.69, 9.17) is 28.7 Å². The summed E-state index contributed by atoms with van der Waals surface area (Å²) in [7, 11) is 6.18. The predicted molar refractivity (Wildman–Crippen MR) is 160 cm³/mol. The number of esters is 1. The van der Waals surface area contributed by atoms with Gasteiger partial charge >= 0.3 is 5.97 Å². The van der Waals surface area contributed by atoms with Crippen LogP contribution >= 0.6 is 11.3 Å². The van der Waals surface area contributed by atoms with Crippen LogP contribution in [0, 0.1) is 0 Å². The summed E-state index contributed by atoms with van der Waals surface area (Å²) in [6, 6.07) is 19.3. The average Bonchev–Trinajstić information content (AvgIpc) is 3.34. The van der Waals surface area contributed by atoms with E-state index in [9.17, 15) is 9.59 Å². The minimum Gasteiger partial charge on any atom is -0.493 e. The second-order valence-electron chi connectivity index (χ2n) is 9.13. The lowest BCUT2D eigenvalue weighted by molar-refractivity contribution is -0.138. The highest BCUT2D eigenvalue weighted by Gasteiger charge is 2.35. The molecule has 0 radical (unpaired) electrons. The molecule has 0 unspecified atom stereocenters. The molecule has 1 atom stereocenters. The van der Waals surface area contributed by atoms with Crippen LogP contribution in [-0.4, -0.2) is 45.6 Å². The number of nitrogens with zero attached hydrogens (tertiary/aromatic N) is 2. The summed E-state index contributed by atoms with van der Waals surface area (Å²) in [5.41, 5.74) is 2.37. The number of rotatable bonds is 9. The zero-order valence-corrected chi connectivity index (χ0v) is 24.7. The molecule has 4 aromatic rings. The Morgan fingerprint density at radius 1 is 0.905 bits per heavy atom. The number of methoxy groups -OCH3 is 4. The van der Waals surface area contributed by atoms with Crippen molar-refractivity contribution in [2.45, 2.75) is 13.0 Å². The minimum absolute atomic E-state index is 0.156. The van der Waals surface area contributed by atoms with Crippen molar-refractivity contribution in [3.8, 4) is 23.0 Å². The van der Waals surface area contributed by atoms with Gasteiger partial charge in [-0.3, -0.25) is 9.36 Å². The van der Waals surface area contributed by atoms with Gasteiger partial charge < -0.3 is 23.7 Å². The maximum Gasteiger partial charge on any atom is 0.338 e. The maximum absolute atomic E-state index is 14.2. The molecule has 216 valence electrons. The number of carbonyl (C=O) groups is 1. The van der Waals surface area contributed by atoms with Crippen molar-refractivity contribution in [2.24, 2.45) is 4.99 Å². The van der Waals surface area contributed by atoms with Gasteiger partial charge in [-0.2, -0.15) is 0 Å².